The van der Waals surface area contributed by atoms with Crippen molar-refractivity contribution in [2.24, 2.45) is 0 Å². The van der Waals surface area contributed by atoms with Crippen molar-refractivity contribution in [3.63, 3.8) is 0 Å². The SMILES string of the molecule is CC(CS(C)(=O)=O)n1c(CCCl)nc2c(F)cccc21. The third kappa shape index (κ3) is 3.12. The van der Waals surface area contributed by atoms with E-state index in [1.807, 2.05) is 0 Å². The molecule has 0 aliphatic heterocycles. The van der Waals surface area contributed by atoms with Crippen LogP contribution < -0.4 is 0 Å². The maximum Gasteiger partial charge on any atom is 0.151 e. The number of hydrogen-bond acceptors (Lipinski definition) is 3. The van der Waals surface area contributed by atoms with Crippen LogP contribution in [0.1, 0.15) is 18.8 Å². The van der Waals surface area contributed by atoms with E-state index in [0.717, 1.165) is 0 Å². The number of halogens is 2. The number of alkyl halides is 1. The molecule has 2 aromatic rings. The molecule has 7 heteroatoms. The van der Waals surface area contributed by atoms with Gasteiger partial charge in [-0.1, -0.05) is 6.07 Å². The molecule has 20 heavy (non-hydrogen) atoms. The van der Waals surface area contributed by atoms with Crippen LogP contribution in [-0.2, 0) is 16.3 Å². The second-order valence-electron chi connectivity index (χ2n) is 4.89. The molecule has 0 aliphatic carbocycles. The summed E-state index contributed by atoms with van der Waals surface area (Å²) >= 11 is 5.75. The predicted octanol–water partition coefficient (Wildman–Crippen LogP) is 2.56. The third-order valence-electron chi connectivity index (χ3n) is 3.05. The van der Waals surface area contributed by atoms with Crippen LogP contribution in [0.5, 0.6) is 0 Å². The topological polar surface area (TPSA) is 52.0 Å². The van der Waals surface area contributed by atoms with Crippen molar-refractivity contribution in [1.29, 1.82) is 0 Å². The third-order valence-corrected chi connectivity index (χ3v) is 4.32. The summed E-state index contributed by atoms with van der Waals surface area (Å²) in [4.78, 5) is 4.26. The molecule has 0 spiro atoms. The number of imidazole rings is 1. The number of hydrogen-bond donors (Lipinski definition) is 0. The molecule has 0 N–H and O–H groups in total. The molecule has 0 saturated heterocycles. The Morgan fingerprint density at radius 3 is 2.75 bits per heavy atom. The summed E-state index contributed by atoms with van der Waals surface area (Å²) < 4.78 is 38.5. The van der Waals surface area contributed by atoms with Crippen LogP contribution in [0.3, 0.4) is 0 Å². The molecule has 1 atom stereocenters. The Morgan fingerprint density at radius 1 is 1.45 bits per heavy atom. The molecule has 110 valence electrons. The average molecular weight is 319 g/mol. The normalized spacial score (nSPS) is 13.8. The predicted molar refractivity (Wildman–Crippen MR) is 78.5 cm³/mol. The van der Waals surface area contributed by atoms with E-state index < -0.39 is 15.7 Å². The van der Waals surface area contributed by atoms with E-state index in [4.69, 9.17) is 11.6 Å². The van der Waals surface area contributed by atoms with Crippen LogP contribution in [0.15, 0.2) is 18.2 Å². The van der Waals surface area contributed by atoms with Gasteiger partial charge < -0.3 is 4.57 Å². The van der Waals surface area contributed by atoms with Gasteiger partial charge in [0.2, 0.25) is 0 Å². The van der Waals surface area contributed by atoms with Crippen LogP contribution in [0.25, 0.3) is 11.0 Å². The lowest BCUT2D eigenvalue weighted by Crippen LogP contribution is -2.18. The van der Waals surface area contributed by atoms with E-state index in [1.165, 1.54) is 12.3 Å². The number of benzene rings is 1. The Morgan fingerprint density at radius 2 is 2.15 bits per heavy atom. The molecule has 0 aliphatic rings. The second kappa shape index (κ2) is 5.69. The van der Waals surface area contributed by atoms with E-state index in [0.29, 0.717) is 23.6 Å². The number of sulfone groups is 1. The molecule has 1 aromatic carbocycles. The van der Waals surface area contributed by atoms with Crippen molar-refractivity contribution in [2.45, 2.75) is 19.4 Å². The van der Waals surface area contributed by atoms with Crippen molar-refractivity contribution < 1.29 is 12.8 Å². The fourth-order valence-corrected chi connectivity index (χ4v) is 3.59. The number of nitrogens with zero attached hydrogens (tertiary/aromatic N) is 2. The molecular formula is C13H16ClFN2O2S. The lowest BCUT2D eigenvalue weighted by Gasteiger charge is -2.16. The van der Waals surface area contributed by atoms with E-state index in [-0.39, 0.29) is 17.3 Å². The summed E-state index contributed by atoms with van der Waals surface area (Å²) in [5.74, 6) is 0.515. The van der Waals surface area contributed by atoms with Gasteiger partial charge in [-0.15, -0.1) is 11.6 Å². The van der Waals surface area contributed by atoms with Crippen LogP contribution in [0.2, 0.25) is 0 Å². The maximum absolute atomic E-state index is 13.8. The van der Waals surface area contributed by atoms with E-state index in [1.54, 1.807) is 23.6 Å². The highest BCUT2D eigenvalue weighted by Crippen LogP contribution is 2.24. The van der Waals surface area contributed by atoms with Crippen LogP contribution in [-0.4, -0.2) is 35.9 Å². The summed E-state index contributed by atoms with van der Waals surface area (Å²) in [5, 5.41) is 0. The summed E-state index contributed by atoms with van der Waals surface area (Å²) in [7, 11) is -3.14. The number of para-hydroxylation sites is 1. The number of aromatic nitrogens is 2. The zero-order valence-corrected chi connectivity index (χ0v) is 12.9. The highest BCUT2D eigenvalue weighted by Gasteiger charge is 2.20. The van der Waals surface area contributed by atoms with E-state index >= 15 is 0 Å². The number of fused-ring (bicyclic) bond motifs is 1. The van der Waals surface area contributed by atoms with Gasteiger partial charge in [0, 0.05) is 24.6 Å². The molecule has 0 fully saturated rings. The van der Waals surface area contributed by atoms with Gasteiger partial charge in [0.15, 0.2) is 5.82 Å². The second-order valence-corrected chi connectivity index (χ2v) is 7.45. The van der Waals surface area contributed by atoms with E-state index in [9.17, 15) is 12.8 Å². The molecular weight excluding hydrogens is 303 g/mol. The standard InChI is InChI=1S/C13H16ClFN2O2S/c1-9(8-20(2,18)19)17-11-5-3-4-10(15)13(11)16-12(17)6-7-14/h3-5,9H,6-8H2,1-2H3. The van der Waals surface area contributed by atoms with Gasteiger partial charge >= 0.3 is 0 Å². The highest BCUT2D eigenvalue weighted by molar-refractivity contribution is 7.90. The zero-order chi connectivity index (χ0) is 14.9. The van der Waals surface area contributed by atoms with Gasteiger partial charge in [-0.3, -0.25) is 0 Å². The van der Waals surface area contributed by atoms with Gasteiger partial charge in [0.05, 0.1) is 11.3 Å². The molecule has 0 radical (unpaired) electrons. The largest absolute Gasteiger partial charge is 0.324 e. The number of aryl methyl sites for hydroxylation is 1. The minimum absolute atomic E-state index is 0.0236. The fourth-order valence-electron chi connectivity index (χ4n) is 2.40. The molecule has 0 saturated carbocycles. The molecule has 0 amide bonds. The van der Waals surface area contributed by atoms with Gasteiger partial charge in [0.25, 0.3) is 0 Å². The lowest BCUT2D eigenvalue weighted by molar-refractivity contribution is 0.557. The average Bonchev–Trinajstić information content (AvgIpc) is 2.67. The maximum atomic E-state index is 13.8. The monoisotopic (exact) mass is 318 g/mol. The Kier molecular flexibility index (Phi) is 4.34. The summed E-state index contributed by atoms with van der Waals surface area (Å²) in [6.45, 7) is 1.78. The van der Waals surface area contributed by atoms with Crippen molar-refractivity contribution in [2.75, 3.05) is 17.9 Å². The summed E-state index contributed by atoms with van der Waals surface area (Å²) in [5.41, 5.74) is 0.856. The first kappa shape index (κ1) is 15.3. The molecule has 1 heterocycles. The van der Waals surface area contributed by atoms with Crippen molar-refractivity contribution >= 4 is 32.5 Å². The van der Waals surface area contributed by atoms with Crippen molar-refractivity contribution in [3.8, 4) is 0 Å². The lowest BCUT2D eigenvalue weighted by atomic mass is 10.3. The Labute approximate surface area is 122 Å². The van der Waals surface area contributed by atoms with Gasteiger partial charge in [-0.25, -0.2) is 17.8 Å². The number of rotatable bonds is 5. The molecule has 1 aromatic heterocycles. The first-order valence-electron chi connectivity index (χ1n) is 6.22. The van der Waals surface area contributed by atoms with Crippen molar-refractivity contribution in [1.82, 2.24) is 9.55 Å². The molecule has 4 nitrogen and oxygen atoms in total. The minimum atomic E-state index is -3.14. The summed E-state index contributed by atoms with van der Waals surface area (Å²) in [6, 6.07) is 4.34. The van der Waals surface area contributed by atoms with Crippen LogP contribution >= 0.6 is 11.6 Å². The minimum Gasteiger partial charge on any atom is -0.324 e. The zero-order valence-electron chi connectivity index (χ0n) is 11.3. The first-order chi connectivity index (χ1) is 9.33. The molecule has 1 unspecified atom stereocenters. The highest BCUT2D eigenvalue weighted by atomic mass is 35.5. The van der Waals surface area contributed by atoms with Gasteiger partial charge in [-0.2, -0.15) is 0 Å². The van der Waals surface area contributed by atoms with Gasteiger partial charge in [0.1, 0.15) is 21.2 Å². The smallest absolute Gasteiger partial charge is 0.151 e. The quantitative estimate of drug-likeness (QED) is 0.796. The Hall–Kier alpha value is -1.14. The van der Waals surface area contributed by atoms with Gasteiger partial charge in [-0.05, 0) is 19.1 Å². The van der Waals surface area contributed by atoms with E-state index in [2.05, 4.69) is 4.98 Å². The Bertz CT molecular complexity index is 727. The Balaban J connectivity index is 2.59. The molecule has 0 bridgehead atoms. The van der Waals surface area contributed by atoms with Crippen LogP contribution in [0, 0.1) is 5.82 Å². The fraction of sp³-hybridized carbons (Fsp3) is 0.462. The van der Waals surface area contributed by atoms with Crippen molar-refractivity contribution in [3.05, 3.63) is 29.8 Å². The van der Waals surface area contributed by atoms with Crippen LogP contribution in [0.4, 0.5) is 4.39 Å². The molecule has 2 rings (SSSR count). The first-order valence-corrected chi connectivity index (χ1v) is 8.82. The summed E-state index contributed by atoms with van der Waals surface area (Å²) in [6.07, 6.45) is 1.65.